The number of benzene rings is 2. The number of furan rings is 1. The second-order valence-corrected chi connectivity index (χ2v) is 7.69. The summed E-state index contributed by atoms with van der Waals surface area (Å²) in [6.45, 7) is -0.186. The molecule has 2 heterocycles. The maximum absolute atomic E-state index is 13.2. The second-order valence-electron chi connectivity index (χ2n) is 5.82. The van der Waals surface area contributed by atoms with Crippen LogP contribution in [0, 0.1) is 5.82 Å². The first-order valence-corrected chi connectivity index (χ1v) is 9.66. The number of halogens is 1. The lowest BCUT2D eigenvalue weighted by Gasteiger charge is -2.22. The Kier molecular flexibility index (Phi) is 4.66. The van der Waals surface area contributed by atoms with Gasteiger partial charge in [0.25, 0.3) is 10.0 Å². The molecule has 4 rings (SSSR count). The van der Waals surface area contributed by atoms with Crippen LogP contribution in [0.1, 0.15) is 5.89 Å². The van der Waals surface area contributed by atoms with Crippen molar-refractivity contribution in [2.75, 3.05) is 4.31 Å². The van der Waals surface area contributed by atoms with Crippen molar-refractivity contribution in [1.29, 1.82) is 0 Å². The van der Waals surface area contributed by atoms with E-state index < -0.39 is 15.8 Å². The van der Waals surface area contributed by atoms with Gasteiger partial charge >= 0.3 is 0 Å². The Balaban J connectivity index is 1.71. The van der Waals surface area contributed by atoms with Gasteiger partial charge in [0.1, 0.15) is 18.6 Å². The summed E-state index contributed by atoms with van der Waals surface area (Å²) in [7, 11) is -3.99. The van der Waals surface area contributed by atoms with E-state index in [9.17, 15) is 12.8 Å². The zero-order chi connectivity index (χ0) is 19.6. The molecule has 0 saturated heterocycles. The van der Waals surface area contributed by atoms with Gasteiger partial charge in [0.2, 0.25) is 11.7 Å². The molecule has 28 heavy (non-hydrogen) atoms. The first kappa shape index (κ1) is 17.9. The molecular formula is C19H14FN3O4S. The Morgan fingerprint density at radius 2 is 1.75 bits per heavy atom. The normalized spacial score (nSPS) is 11.5. The van der Waals surface area contributed by atoms with Gasteiger partial charge in [-0.25, -0.2) is 12.8 Å². The Bertz CT molecular complexity index is 1160. The minimum Gasteiger partial charge on any atom is -0.472 e. The highest BCUT2D eigenvalue weighted by atomic mass is 32.2. The minimum atomic E-state index is -3.99. The van der Waals surface area contributed by atoms with Crippen molar-refractivity contribution >= 4 is 15.7 Å². The van der Waals surface area contributed by atoms with Gasteiger partial charge in [0.05, 0.1) is 22.4 Å². The third-order valence-corrected chi connectivity index (χ3v) is 5.76. The van der Waals surface area contributed by atoms with Crippen LogP contribution in [-0.2, 0) is 16.6 Å². The molecule has 0 spiro atoms. The van der Waals surface area contributed by atoms with E-state index in [1.54, 1.807) is 36.4 Å². The Morgan fingerprint density at radius 1 is 1.00 bits per heavy atom. The molecule has 7 nitrogen and oxygen atoms in total. The van der Waals surface area contributed by atoms with Gasteiger partial charge < -0.3 is 8.94 Å². The second kappa shape index (κ2) is 7.28. The van der Waals surface area contributed by atoms with E-state index in [4.69, 9.17) is 8.94 Å². The van der Waals surface area contributed by atoms with Crippen molar-refractivity contribution in [3.63, 3.8) is 0 Å². The molecule has 0 atom stereocenters. The lowest BCUT2D eigenvalue weighted by atomic mass is 10.3. The van der Waals surface area contributed by atoms with E-state index in [-0.39, 0.29) is 23.2 Å². The number of rotatable bonds is 6. The Labute approximate surface area is 160 Å². The summed E-state index contributed by atoms with van der Waals surface area (Å²) < 4.78 is 50.9. The predicted octanol–water partition coefficient (Wildman–Crippen LogP) is 3.86. The van der Waals surface area contributed by atoms with Crippen LogP contribution in [-0.4, -0.2) is 18.6 Å². The van der Waals surface area contributed by atoms with Gasteiger partial charge in [-0.2, -0.15) is 4.98 Å². The number of aromatic nitrogens is 2. The predicted molar refractivity (Wildman–Crippen MR) is 98.2 cm³/mol. The molecule has 2 aromatic heterocycles. The van der Waals surface area contributed by atoms with Crippen molar-refractivity contribution in [3.8, 4) is 11.4 Å². The van der Waals surface area contributed by atoms with Crippen LogP contribution in [0.15, 0.2) is 87.0 Å². The molecule has 0 aliphatic rings. The lowest BCUT2D eigenvalue weighted by molar-refractivity contribution is 0.380. The smallest absolute Gasteiger partial charge is 0.264 e. The topological polar surface area (TPSA) is 89.4 Å². The van der Waals surface area contributed by atoms with Crippen LogP contribution in [0.4, 0.5) is 10.1 Å². The van der Waals surface area contributed by atoms with Crippen molar-refractivity contribution < 1.29 is 21.7 Å². The average Bonchev–Trinajstić information content (AvgIpc) is 3.39. The highest BCUT2D eigenvalue weighted by molar-refractivity contribution is 7.92. The van der Waals surface area contributed by atoms with E-state index in [0.717, 1.165) is 16.4 Å². The van der Waals surface area contributed by atoms with Gasteiger partial charge in [-0.3, -0.25) is 4.31 Å². The standard InChI is InChI=1S/C19H14FN3O4S/c20-15-6-8-17(9-7-15)28(24,25)23(16-4-2-1-3-5-16)12-18-21-19(22-27-18)14-10-11-26-13-14/h1-11,13H,12H2. The van der Waals surface area contributed by atoms with Gasteiger partial charge in [-0.05, 0) is 42.5 Å². The maximum atomic E-state index is 13.2. The van der Waals surface area contributed by atoms with Gasteiger partial charge in [-0.15, -0.1) is 0 Å². The lowest BCUT2D eigenvalue weighted by Crippen LogP contribution is -2.30. The molecule has 0 radical (unpaired) electrons. The van der Waals surface area contributed by atoms with E-state index in [1.165, 1.54) is 24.7 Å². The van der Waals surface area contributed by atoms with E-state index in [0.29, 0.717) is 11.3 Å². The highest BCUT2D eigenvalue weighted by Crippen LogP contribution is 2.26. The molecule has 0 aliphatic carbocycles. The van der Waals surface area contributed by atoms with Crippen LogP contribution in [0.5, 0.6) is 0 Å². The fraction of sp³-hybridized carbons (Fsp3) is 0.0526. The molecule has 9 heteroatoms. The number of anilines is 1. The molecule has 0 aliphatic heterocycles. The summed E-state index contributed by atoms with van der Waals surface area (Å²) in [6.07, 6.45) is 2.93. The monoisotopic (exact) mass is 399 g/mol. The van der Waals surface area contributed by atoms with Gasteiger partial charge in [-0.1, -0.05) is 23.4 Å². The molecule has 0 saturated carbocycles. The molecule has 0 bridgehead atoms. The maximum Gasteiger partial charge on any atom is 0.264 e. The van der Waals surface area contributed by atoms with Crippen molar-refractivity contribution in [3.05, 3.63) is 84.9 Å². The minimum absolute atomic E-state index is 0.0488. The number of para-hydroxylation sites is 1. The molecule has 0 unspecified atom stereocenters. The highest BCUT2D eigenvalue weighted by Gasteiger charge is 2.27. The fourth-order valence-corrected chi connectivity index (χ4v) is 4.01. The summed E-state index contributed by atoms with van der Waals surface area (Å²) in [5.74, 6) is -0.131. The molecular weight excluding hydrogens is 385 g/mol. The summed E-state index contributed by atoms with van der Waals surface area (Å²) in [5, 5.41) is 3.85. The molecule has 142 valence electrons. The van der Waals surface area contributed by atoms with Gasteiger partial charge in [0, 0.05) is 0 Å². The van der Waals surface area contributed by atoms with Crippen LogP contribution in [0.25, 0.3) is 11.4 Å². The van der Waals surface area contributed by atoms with Crippen LogP contribution in [0.3, 0.4) is 0 Å². The Hall–Kier alpha value is -3.46. The third kappa shape index (κ3) is 3.52. The molecule has 2 aromatic carbocycles. The van der Waals surface area contributed by atoms with Crippen molar-refractivity contribution in [2.45, 2.75) is 11.4 Å². The van der Waals surface area contributed by atoms with E-state index in [1.807, 2.05) is 0 Å². The first-order chi connectivity index (χ1) is 13.5. The molecule has 4 aromatic rings. The number of hydrogen-bond acceptors (Lipinski definition) is 6. The third-order valence-electron chi connectivity index (χ3n) is 3.97. The summed E-state index contributed by atoms with van der Waals surface area (Å²) in [4.78, 5) is 4.19. The molecule has 0 amide bonds. The SMILES string of the molecule is O=S(=O)(c1ccc(F)cc1)N(Cc1nc(-c2ccoc2)no1)c1ccccc1. The summed E-state index contributed by atoms with van der Waals surface area (Å²) in [6, 6.07) is 14.8. The number of nitrogens with zero attached hydrogens (tertiary/aromatic N) is 3. The largest absolute Gasteiger partial charge is 0.472 e. The van der Waals surface area contributed by atoms with E-state index >= 15 is 0 Å². The zero-order valence-corrected chi connectivity index (χ0v) is 15.2. The average molecular weight is 399 g/mol. The number of hydrogen-bond donors (Lipinski definition) is 0. The fourth-order valence-electron chi connectivity index (χ4n) is 2.59. The summed E-state index contributed by atoms with van der Waals surface area (Å²) >= 11 is 0. The number of sulfonamides is 1. The quantitative estimate of drug-likeness (QED) is 0.489. The van der Waals surface area contributed by atoms with Crippen molar-refractivity contribution in [2.24, 2.45) is 0 Å². The summed E-state index contributed by atoms with van der Waals surface area (Å²) in [5.41, 5.74) is 1.03. The molecule has 0 fully saturated rings. The van der Waals surface area contributed by atoms with Crippen LogP contribution < -0.4 is 4.31 Å². The molecule has 0 N–H and O–H groups in total. The van der Waals surface area contributed by atoms with E-state index in [2.05, 4.69) is 10.1 Å². The van der Waals surface area contributed by atoms with Crippen molar-refractivity contribution in [1.82, 2.24) is 10.1 Å². The van der Waals surface area contributed by atoms with Crippen LogP contribution >= 0.6 is 0 Å². The Morgan fingerprint density at radius 3 is 2.43 bits per heavy atom. The first-order valence-electron chi connectivity index (χ1n) is 8.22. The van der Waals surface area contributed by atoms with Crippen LogP contribution in [0.2, 0.25) is 0 Å². The zero-order valence-electron chi connectivity index (χ0n) is 14.4. The van der Waals surface area contributed by atoms with Gasteiger partial charge in [0.15, 0.2) is 0 Å².